The molecule has 0 aliphatic rings. The molecule has 4 amide bonds. The molecule has 16 nitrogen and oxygen atoms in total. The van der Waals surface area contributed by atoms with Gasteiger partial charge in [-0.3, -0.25) is 24.2 Å². The third kappa shape index (κ3) is 11.9. The summed E-state index contributed by atoms with van der Waals surface area (Å²) in [6.07, 6.45) is -1.68. The highest BCUT2D eigenvalue weighted by Crippen LogP contribution is 2.04. The van der Waals surface area contributed by atoms with Gasteiger partial charge in [0.2, 0.25) is 23.6 Å². The molecule has 0 spiro atoms. The van der Waals surface area contributed by atoms with E-state index in [0.717, 1.165) is 0 Å². The van der Waals surface area contributed by atoms with Crippen molar-refractivity contribution in [3.63, 3.8) is 0 Å². The van der Waals surface area contributed by atoms with Gasteiger partial charge in [0, 0.05) is 13.0 Å². The monoisotopic (exact) mass is 490 g/mol. The van der Waals surface area contributed by atoms with E-state index < -0.39 is 66.5 Å². The topological polar surface area (TPSA) is 299 Å². The smallest absolute Gasteiger partial charge is 0.326 e. The summed E-state index contributed by atoms with van der Waals surface area (Å²) in [6.45, 7) is 0.492. The fraction of sp³-hybridized carbons (Fsp3) is 0.667. The lowest BCUT2D eigenvalue weighted by molar-refractivity contribution is -0.142. The Hall–Kier alpha value is -3.50. The number of carboxylic acids is 1. The third-order valence-electron chi connectivity index (χ3n) is 4.51. The highest BCUT2D eigenvalue weighted by Gasteiger charge is 2.30. The predicted molar refractivity (Wildman–Crippen MR) is 119 cm³/mol. The van der Waals surface area contributed by atoms with E-state index in [2.05, 4.69) is 20.9 Å². The Morgan fingerprint density at radius 2 is 1.41 bits per heavy atom. The Labute approximate surface area is 195 Å². The van der Waals surface area contributed by atoms with E-state index in [-0.39, 0.29) is 38.2 Å². The van der Waals surface area contributed by atoms with E-state index in [9.17, 15) is 39.3 Å². The number of hydrogen-bond donors (Lipinski definition) is 10. The fourth-order valence-corrected chi connectivity index (χ4v) is 2.54. The molecule has 5 unspecified atom stereocenters. The van der Waals surface area contributed by atoms with Gasteiger partial charge in [0.15, 0.2) is 5.96 Å². The van der Waals surface area contributed by atoms with Crippen molar-refractivity contribution in [3.8, 4) is 0 Å². The summed E-state index contributed by atoms with van der Waals surface area (Å²) in [7, 11) is 0. The molecule has 0 aromatic carbocycles. The van der Waals surface area contributed by atoms with E-state index in [4.69, 9.17) is 22.9 Å². The van der Waals surface area contributed by atoms with Crippen LogP contribution in [0.2, 0.25) is 0 Å². The second kappa shape index (κ2) is 15.4. The van der Waals surface area contributed by atoms with Crippen molar-refractivity contribution in [2.24, 2.45) is 27.9 Å². The first-order chi connectivity index (χ1) is 15.8. The van der Waals surface area contributed by atoms with Crippen LogP contribution in [0.4, 0.5) is 0 Å². The normalized spacial score (nSPS) is 15.1. The van der Waals surface area contributed by atoms with Crippen molar-refractivity contribution >= 4 is 35.6 Å². The van der Waals surface area contributed by atoms with Crippen LogP contribution in [-0.4, -0.2) is 94.3 Å². The van der Waals surface area contributed by atoms with Gasteiger partial charge in [0.1, 0.15) is 24.2 Å². The van der Waals surface area contributed by atoms with Crippen LogP contribution in [0.1, 0.15) is 32.6 Å². The van der Waals surface area contributed by atoms with Gasteiger partial charge in [-0.2, -0.15) is 0 Å². The van der Waals surface area contributed by atoms with Crippen molar-refractivity contribution in [2.75, 3.05) is 13.2 Å². The Morgan fingerprint density at radius 3 is 1.88 bits per heavy atom. The number of carbonyl (C=O) groups excluding carboxylic acids is 4. The largest absolute Gasteiger partial charge is 0.480 e. The minimum absolute atomic E-state index is 0.0408. The third-order valence-corrected chi connectivity index (χ3v) is 4.51. The maximum Gasteiger partial charge on any atom is 0.326 e. The van der Waals surface area contributed by atoms with Gasteiger partial charge in [-0.15, -0.1) is 0 Å². The number of aliphatic imine (C=N–C) groups is 1. The first-order valence-electron chi connectivity index (χ1n) is 10.3. The molecule has 0 radical (unpaired) electrons. The molecule has 14 N–H and O–H groups in total. The number of carboxylic acid groups (broad SMARTS) is 1. The van der Waals surface area contributed by atoms with E-state index in [1.54, 1.807) is 0 Å². The van der Waals surface area contributed by atoms with Crippen LogP contribution in [0, 0.1) is 0 Å². The zero-order valence-electron chi connectivity index (χ0n) is 18.8. The molecule has 0 heterocycles. The Kier molecular flexibility index (Phi) is 13.8. The first-order valence-corrected chi connectivity index (χ1v) is 10.3. The van der Waals surface area contributed by atoms with Crippen molar-refractivity contribution < 1.29 is 39.3 Å². The van der Waals surface area contributed by atoms with E-state index >= 15 is 0 Å². The fourth-order valence-electron chi connectivity index (χ4n) is 2.54. The van der Waals surface area contributed by atoms with Crippen LogP contribution < -0.4 is 38.9 Å². The van der Waals surface area contributed by atoms with Crippen LogP contribution in [0.15, 0.2) is 4.99 Å². The number of aliphatic carboxylic acids is 1. The molecule has 194 valence electrons. The summed E-state index contributed by atoms with van der Waals surface area (Å²) in [6, 6.07) is -5.70. The van der Waals surface area contributed by atoms with Crippen molar-refractivity contribution in [1.82, 2.24) is 16.0 Å². The SMILES string of the molecule is CC(O)C(N)C(=O)NC(CO)C(=O)NC(CCC(N)=O)C(=O)NC(CCCN=C(N)N)C(=O)O. The van der Waals surface area contributed by atoms with Gasteiger partial charge in [0.25, 0.3) is 0 Å². The Morgan fingerprint density at radius 1 is 0.882 bits per heavy atom. The summed E-state index contributed by atoms with van der Waals surface area (Å²) >= 11 is 0. The van der Waals surface area contributed by atoms with E-state index in [1.807, 2.05) is 0 Å². The molecule has 34 heavy (non-hydrogen) atoms. The lowest BCUT2D eigenvalue weighted by Crippen LogP contribution is -2.59. The Balaban J connectivity index is 5.33. The lowest BCUT2D eigenvalue weighted by Gasteiger charge is -2.24. The number of nitrogens with zero attached hydrogens (tertiary/aromatic N) is 1. The molecule has 0 rings (SSSR count). The van der Waals surface area contributed by atoms with E-state index in [1.165, 1.54) is 6.92 Å². The molecule has 0 saturated heterocycles. The molecule has 0 fully saturated rings. The highest BCUT2D eigenvalue weighted by molar-refractivity contribution is 5.94. The molecule has 5 atom stereocenters. The standard InChI is InChI=1S/C18H34N8O8/c1-8(28)13(20)16(32)26-11(7-27)15(31)24-9(4-5-12(19)29)14(30)25-10(17(33)34)3-2-6-23-18(21)22/h8-11,13,27-28H,2-7,20H2,1H3,(H2,19,29)(H,24,31)(H,25,30)(H,26,32)(H,33,34)(H4,21,22,23). The summed E-state index contributed by atoms with van der Waals surface area (Å²) in [4.78, 5) is 63.5. The summed E-state index contributed by atoms with van der Waals surface area (Å²) in [5.74, 6) is -5.20. The first kappa shape index (κ1) is 30.5. The van der Waals surface area contributed by atoms with Crippen LogP contribution in [0.3, 0.4) is 0 Å². The number of hydrogen-bond acceptors (Lipinski definition) is 9. The average Bonchev–Trinajstić information content (AvgIpc) is 2.75. The molecule has 16 heteroatoms. The van der Waals surface area contributed by atoms with Gasteiger partial charge in [0.05, 0.1) is 12.7 Å². The van der Waals surface area contributed by atoms with Crippen LogP contribution >= 0.6 is 0 Å². The number of aliphatic hydroxyl groups excluding tert-OH is 2. The van der Waals surface area contributed by atoms with Crippen molar-refractivity contribution in [2.45, 2.75) is 62.9 Å². The van der Waals surface area contributed by atoms with Gasteiger partial charge >= 0.3 is 5.97 Å². The quantitative estimate of drug-likeness (QED) is 0.0552. The zero-order chi connectivity index (χ0) is 26.4. The van der Waals surface area contributed by atoms with Gasteiger partial charge < -0.3 is 54.2 Å². The number of primary amides is 1. The molecular formula is C18H34N8O8. The van der Waals surface area contributed by atoms with Crippen LogP contribution in [-0.2, 0) is 24.0 Å². The minimum atomic E-state index is -1.55. The zero-order valence-corrected chi connectivity index (χ0v) is 18.8. The number of aliphatic hydroxyl groups is 2. The second-order valence-electron chi connectivity index (χ2n) is 7.42. The summed E-state index contributed by atoms with van der Waals surface area (Å²) in [5.41, 5.74) is 21.0. The van der Waals surface area contributed by atoms with Gasteiger partial charge in [-0.1, -0.05) is 0 Å². The molecule has 0 aliphatic heterocycles. The second-order valence-corrected chi connectivity index (χ2v) is 7.42. The summed E-state index contributed by atoms with van der Waals surface area (Å²) < 4.78 is 0. The maximum absolute atomic E-state index is 12.7. The molecular weight excluding hydrogens is 456 g/mol. The molecule has 0 bridgehead atoms. The van der Waals surface area contributed by atoms with Gasteiger partial charge in [-0.25, -0.2) is 4.79 Å². The summed E-state index contributed by atoms with van der Waals surface area (Å²) in [5, 5.41) is 34.8. The molecule has 0 aliphatic carbocycles. The number of guanidine groups is 1. The van der Waals surface area contributed by atoms with Crippen LogP contribution in [0.25, 0.3) is 0 Å². The van der Waals surface area contributed by atoms with Gasteiger partial charge in [-0.05, 0) is 26.2 Å². The molecule has 0 aromatic heterocycles. The van der Waals surface area contributed by atoms with Crippen molar-refractivity contribution in [3.05, 3.63) is 0 Å². The number of carbonyl (C=O) groups is 5. The predicted octanol–water partition coefficient (Wildman–Crippen LogP) is -5.46. The minimum Gasteiger partial charge on any atom is -0.480 e. The Bertz CT molecular complexity index is 756. The highest BCUT2D eigenvalue weighted by atomic mass is 16.4. The van der Waals surface area contributed by atoms with Crippen molar-refractivity contribution in [1.29, 1.82) is 0 Å². The number of amides is 4. The molecule has 0 saturated carbocycles. The number of nitrogens with two attached hydrogens (primary N) is 4. The molecule has 0 aromatic rings. The van der Waals surface area contributed by atoms with Crippen LogP contribution in [0.5, 0.6) is 0 Å². The average molecular weight is 491 g/mol. The number of nitrogens with one attached hydrogen (secondary N) is 3. The van der Waals surface area contributed by atoms with E-state index in [0.29, 0.717) is 0 Å². The maximum atomic E-state index is 12.7. The lowest BCUT2D eigenvalue weighted by atomic mass is 10.1. The number of rotatable bonds is 16.